The Labute approximate surface area is 90.9 Å². The molecule has 0 unspecified atom stereocenters. The van der Waals surface area contributed by atoms with Crippen molar-refractivity contribution in [2.24, 2.45) is 0 Å². The van der Waals surface area contributed by atoms with Crippen molar-refractivity contribution in [1.29, 1.82) is 0 Å². The van der Waals surface area contributed by atoms with E-state index in [2.05, 4.69) is 11.5 Å². The Hall–Kier alpha value is -1.64. The van der Waals surface area contributed by atoms with Crippen LogP contribution in [0.25, 0.3) is 0 Å². The number of hydrogen-bond donors (Lipinski definition) is 0. The molecule has 82 valence electrons. The first-order valence-corrected chi connectivity index (χ1v) is 4.76. The summed E-state index contributed by atoms with van der Waals surface area (Å²) in [6, 6.07) is 5.78. The summed E-state index contributed by atoms with van der Waals surface area (Å²) < 4.78 is 10.4. The summed E-state index contributed by atoms with van der Waals surface area (Å²) in [6.07, 6.45) is 1.85. The average Bonchev–Trinajstić information content (AvgIpc) is 2.28. The first-order valence-electron chi connectivity index (χ1n) is 4.76. The quantitative estimate of drug-likeness (QED) is 0.692. The van der Waals surface area contributed by atoms with E-state index < -0.39 is 0 Å². The van der Waals surface area contributed by atoms with Gasteiger partial charge in [-0.3, -0.25) is 0 Å². The molecule has 0 saturated carbocycles. The van der Waals surface area contributed by atoms with Gasteiger partial charge in [0.2, 0.25) is 0 Å². The minimum Gasteiger partial charge on any atom is -0.497 e. The highest BCUT2D eigenvalue weighted by molar-refractivity contribution is 5.55. The van der Waals surface area contributed by atoms with Crippen molar-refractivity contribution in [3.05, 3.63) is 30.9 Å². The number of hydrogen-bond acceptors (Lipinski definition) is 3. The molecule has 0 N–H and O–H groups in total. The van der Waals surface area contributed by atoms with Crippen LogP contribution in [0.2, 0.25) is 0 Å². The van der Waals surface area contributed by atoms with Crippen LogP contribution in [0.15, 0.2) is 30.9 Å². The lowest BCUT2D eigenvalue weighted by atomic mass is 10.2. The lowest BCUT2D eigenvalue weighted by Crippen LogP contribution is -2.16. The van der Waals surface area contributed by atoms with Gasteiger partial charge in [0.15, 0.2) is 0 Å². The van der Waals surface area contributed by atoms with E-state index in [1.165, 1.54) is 0 Å². The standard InChI is InChI=1S/C12H17NO2/c1-5-6-13(2)10-7-11(14-3)9-12(8-10)15-4/h5,7-9H,1,6H2,2-4H3. The molecule has 0 heterocycles. The molecule has 0 aliphatic carbocycles. The van der Waals surface area contributed by atoms with Crippen LogP contribution in [-0.4, -0.2) is 27.8 Å². The van der Waals surface area contributed by atoms with Crippen molar-refractivity contribution < 1.29 is 9.47 Å². The maximum Gasteiger partial charge on any atom is 0.124 e. The summed E-state index contributed by atoms with van der Waals surface area (Å²) in [5.74, 6) is 1.58. The summed E-state index contributed by atoms with van der Waals surface area (Å²) in [5, 5.41) is 0. The van der Waals surface area contributed by atoms with Crippen LogP contribution >= 0.6 is 0 Å². The number of methoxy groups -OCH3 is 2. The third-order valence-electron chi connectivity index (χ3n) is 2.18. The third-order valence-corrected chi connectivity index (χ3v) is 2.18. The predicted molar refractivity (Wildman–Crippen MR) is 63.0 cm³/mol. The van der Waals surface area contributed by atoms with E-state index in [1.807, 2.05) is 31.3 Å². The first kappa shape index (κ1) is 11.4. The number of nitrogens with zero attached hydrogens (tertiary/aromatic N) is 1. The zero-order valence-corrected chi connectivity index (χ0v) is 9.49. The van der Waals surface area contributed by atoms with E-state index in [4.69, 9.17) is 9.47 Å². The molecule has 3 heteroatoms. The molecule has 0 radical (unpaired) electrons. The monoisotopic (exact) mass is 207 g/mol. The molecule has 1 aromatic rings. The minimum absolute atomic E-state index is 0.788. The fraction of sp³-hybridized carbons (Fsp3) is 0.333. The SMILES string of the molecule is C=CCN(C)c1cc(OC)cc(OC)c1. The van der Waals surface area contributed by atoms with Crippen LogP contribution in [0.4, 0.5) is 5.69 Å². The normalized spacial score (nSPS) is 9.53. The van der Waals surface area contributed by atoms with Gasteiger partial charge in [0.25, 0.3) is 0 Å². The molecular weight excluding hydrogens is 190 g/mol. The molecule has 3 nitrogen and oxygen atoms in total. The second kappa shape index (κ2) is 5.29. The van der Waals surface area contributed by atoms with Gasteiger partial charge in [-0.25, -0.2) is 0 Å². The molecule has 1 aromatic carbocycles. The first-order chi connectivity index (χ1) is 7.21. The van der Waals surface area contributed by atoms with E-state index in [0.29, 0.717) is 0 Å². The van der Waals surface area contributed by atoms with Gasteiger partial charge in [0, 0.05) is 37.5 Å². The molecule has 0 aliphatic heterocycles. The van der Waals surface area contributed by atoms with Gasteiger partial charge >= 0.3 is 0 Å². The molecule has 0 atom stereocenters. The molecule has 0 fully saturated rings. The van der Waals surface area contributed by atoms with Gasteiger partial charge in [-0.1, -0.05) is 6.08 Å². The van der Waals surface area contributed by atoms with Gasteiger partial charge in [0.1, 0.15) is 11.5 Å². The molecule has 0 bridgehead atoms. The fourth-order valence-electron chi connectivity index (χ4n) is 1.31. The third kappa shape index (κ3) is 2.91. The molecule has 0 saturated heterocycles. The highest BCUT2D eigenvalue weighted by atomic mass is 16.5. The van der Waals surface area contributed by atoms with Gasteiger partial charge in [0.05, 0.1) is 14.2 Å². The summed E-state index contributed by atoms with van der Waals surface area (Å²) in [4.78, 5) is 2.07. The zero-order valence-electron chi connectivity index (χ0n) is 9.49. The zero-order chi connectivity index (χ0) is 11.3. The van der Waals surface area contributed by atoms with Crippen molar-refractivity contribution in [2.75, 3.05) is 32.7 Å². The molecular formula is C12H17NO2. The van der Waals surface area contributed by atoms with Crippen molar-refractivity contribution in [1.82, 2.24) is 0 Å². The van der Waals surface area contributed by atoms with Gasteiger partial charge in [-0.15, -0.1) is 6.58 Å². The van der Waals surface area contributed by atoms with Crippen molar-refractivity contribution in [3.8, 4) is 11.5 Å². The molecule has 0 aliphatic rings. The average molecular weight is 207 g/mol. The Balaban J connectivity index is 3.00. The number of likely N-dealkylation sites (N-methyl/N-ethyl adjacent to an activating group) is 1. The molecule has 0 spiro atoms. The van der Waals surface area contributed by atoms with Crippen LogP contribution in [-0.2, 0) is 0 Å². The van der Waals surface area contributed by atoms with E-state index in [1.54, 1.807) is 14.2 Å². The maximum atomic E-state index is 5.19. The fourth-order valence-corrected chi connectivity index (χ4v) is 1.31. The summed E-state index contributed by atoms with van der Waals surface area (Å²) in [7, 11) is 5.29. The predicted octanol–water partition coefficient (Wildman–Crippen LogP) is 2.33. The Morgan fingerprint density at radius 1 is 1.20 bits per heavy atom. The number of rotatable bonds is 5. The summed E-state index contributed by atoms with van der Waals surface area (Å²) >= 11 is 0. The van der Waals surface area contributed by atoms with E-state index in [9.17, 15) is 0 Å². The highest BCUT2D eigenvalue weighted by Crippen LogP contribution is 2.27. The van der Waals surface area contributed by atoms with Crippen molar-refractivity contribution in [3.63, 3.8) is 0 Å². The van der Waals surface area contributed by atoms with Crippen LogP contribution in [0, 0.1) is 0 Å². The van der Waals surface area contributed by atoms with Crippen LogP contribution in [0.3, 0.4) is 0 Å². The lowest BCUT2D eigenvalue weighted by molar-refractivity contribution is 0.394. The second-order valence-electron chi connectivity index (χ2n) is 3.24. The Kier molecular flexibility index (Phi) is 4.03. The largest absolute Gasteiger partial charge is 0.497 e. The molecule has 15 heavy (non-hydrogen) atoms. The summed E-state index contributed by atoms with van der Waals surface area (Å²) in [5.41, 5.74) is 1.05. The van der Waals surface area contributed by atoms with Crippen LogP contribution in [0.5, 0.6) is 11.5 Å². The van der Waals surface area contributed by atoms with Gasteiger partial charge in [-0.2, -0.15) is 0 Å². The second-order valence-corrected chi connectivity index (χ2v) is 3.24. The Morgan fingerprint density at radius 3 is 2.13 bits per heavy atom. The van der Waals surface area contributed by atoms with E-state index in [0.717, 1.165) is 23.7 Å². The van der Waals surface area contributed by atoms with Gasteiger partial charge < -0.3 is 14.4 Å². The van der Waals surface area contributed by atoms with E-state index >= 15 is 0 Å². The van der Waals surface area contributed by atoms with Crippen molar-refractivity contribution >= 4 is 5.69 Å². The topological polar surface area (TPSA) is 21.7 Å². The van der Waals surface area contributed by atoms with E-state index in [-0.39, 0.29) is 0 Å². The lowest BCUT2D eigenvalue weighted by Gasteiger charge is -2.18. The Bertz CT molecular complexity index is 314. The number of benzene rings is 1. The molecule has 1 rings (SSSR count). The van der Waals surface area contributed by atoms with Crippen LogP contribution in [0.1, 0.15) is 0 Å². The van der Waals surface area contributed by atoms with Crippen LogP contribution < -0.4 is 14.4 Å². The number of anilines is 1. The van der Waals surface area contributed by atoms with Crippen molar-refractivity contribution in [2.45, 2.75) is 0 Å². The minimum atomic E-state index is 0.788. The summed E-state index contributed by atoms with van der Waals surface area (Å²) in [6.45, 7) is 4.50. The van der Waals surface area contributed by atoms with Gasteiger partial charge in [-0.05, 0) is 0 Å². The Morgan fingerprint density at radius 2 is 1.73 bits per heavy atom. The maximum absolute atomic E-state index is 5.19. The number of ether oxygens (including phenoxy) is 2. The molecule has 0 amide bonds. The molecule has 0 aromatic heterocycles. The smallest absolute Gasteiger partial charge is 0.124 e. The highest BCUT2D eigenvalue weighted by Gasteiger charge is 2.04.